The number of hydrogen-bond acceptors (Lipinski definition) is 4. The predicted octanol–water partition coefficient (Wildman–Crippen LogP) is 3.68. The first kappa shape index (κ1) is 18.7. The molecule has 2 fully saturated rings. The van der Waals surface area contributed by atoms with Crippen LogP contribution in [0.2, 0.25) is 0 Å². The van der Waals surface area contributed by atoms with Gasteiger partial charge in [0.05, 0.1) is 19.3 Å². The van der Waals surface area contributed by atoms with Crippen molar-refractivity contribution in [3.63, 3.8) is 0 Å². The normalized spacial score (nSPS) is 26.4. The summed E-state index contributed by atoms with van der Waals surface area (Å²) < 4.78 is 7.41. The minimum absolute atomic E-state index is 0.255. The lowest BCUT2D eigenvalue weighted by Gasteiger charge is -2.40. The number of aromatic nitrogens is 2. The second kappa shape index (κ2) is 7.48. The number of aryl methyl sites for hydroxylation is 1. The SMILES string of the molecule is COC(=O)N1CCc2c(nc(C)n2[C@H]2C[C@H]3CC[C@@H](C2)N3Cc2ccccc2)C1. The van der Waals surface area contributed by atoms with E-state index >= 15 is 0 Å². The van der Waals surface area contributed by atoms with Crippen LogP contribution in [0.15, 0.2) is 30.3 Å². The molecule has 2 aromatic rings. The maximum atomic E-state index is 11.9. The Labute approximate surface area is 172 Å². The number of hydrogen-bond donors (Lipinski definition) is 0. The third-order valence-electron chi connectivity index (χ3n) is 7.09. The first-order valence-electron chi connectivity index (χ1n) is 10.8. The summed E-state index contributed by atoms with van der Waals surface area (Å²) in [5.74, 6) is 1.10. The molecule has 154 valence electrons. The van der Waals surface area contributed by atoms with Gasteiger partial charge in [0.2, 0.25) is 0 Å². The fraction of sp³-hybridized carbons (Fsp3) is 0.565. The van der Waals surface area contributed by atoms with Crippen molar-refractivity contribution in [3.8, 4) is 0 Å². The fourth-order valence-electron chi connectivity index (χ4n) is 5.82. The molecule has 6 nitrogen and oxygen atoms in total. The van der Waals surface area contributed by atoms with Gasteiger partial charge < -0.3 is 14.2 Å². The molecule has 0 unspecified atom stereocenters. The number of ether oxygens (including phenoxy) is 1. The smallest absolute Gasteiger partial charge is 0.409 e. The molecule has 0 saturated carbocycles. The Hall–Kier alpha value is -2.34. The van der Waals surface area contributed by atoms with Gasteiger partial charge in [0.25, 0.3) is 0 Å². The van der Waals surface area contributed by atoms with Gasteiger partial charge in [-0.2, -0.15) is 0 Å². The zero-order chi connectivity index (χ0) is 20.0. The molecule has 29 heavy (non-hydrogen) atoms. The van der Waals surface area contributed by atoms with E-state index in [2.05, 4.69) is 46.7 Å². The molecule has 0 N–H and O–H groups in total. The standard InChI is InChI=1S/C23H30N4O2/c1-16-24-21-15-25(23(28)29-2)11-10-22(21)27(16)20-12-18-8-9-19(13-20)26(18)14-17-6-4-3-5-7-17/h3-7,18-20H,8-15H2,1-2H3/t18-,19+,20+. The van der Waals surface area contributed by atoms with E-state index in [4.69, 9.17) is 9.72 Å². The number of fused-ring (bicyclic) bond motifs is 3. The minimum atomic E-state index is -0.255. The van der Waals surface area contributed by atoms with Gasteiger partial charge in [-0.1, -0.05) is 30.3 Å². The van der Waals surface area contributed by atoms with Gasteiger partial charge in [0.1, 0.15) is 5.82 Å². The Morgan fingerprint density at radius 2 is 1.86 bits per heavy atom. The summed E-state index contributed by atoms with van der Waals surface area (Å²) in [5, 5.41) is 0. The molecular formula is C23H30N4O2. The predicted molar refractivity (Wildman–Crippen MR) is 111 cm³/mol. The van der Waals surface area contributed by atoms with Crippen molar-refractivity contribution >= 4 is 6.09 Å². The van der Waals surface area contributed by atoms with E-state index in [-0.39, 0.29) is 6.09 Å². The molecule has 0 spiro atoms. The molecule has 3 aliphatic rings. The summed E-state index contributed by atoms with van der Waals surface area (Å²) in [6.07, 6.45) is 5.63. The number of rotatable bonds is 3. The monoisotopic (exact) mass is 394 g/mol. The highest BCUT2D eigenvalue weighted by Gasteiger charge is 2.42. The first-order chi connectivity index (χ1) is 14.1. The second-order valence-corrected chi connectivity index (χ2v) is 8.73. The van der Waals surface area contributed by atoms with Crippen LogP contribution in [-0.2, 0) is 24.2 Å². The number of benzene rings is 1. The van der Waals surface area contributed by atoms with E-state index in [1.807, 2.05) is 0 Å². The molecular weight excluding hydrogens is 364 g/mol. The van der Waals surface area contributed by atoms with Crippen LogP contribution >= 0.6 is 0 Å². The number of methoxy groups -OCH3 is 1. The zero-order valence-corrected chi connectivity index (χ0v) is 17.4. The largest absolute Gasteiger partial charge is 0.453 e. The van der Waals surface area contributed by atoms with Gasteiger partial charge in [0.15, 0.2) is 0 Å². The topological polar surface area (TPSA) is 50.6 Å². The molecule has 3 atom stereocenters. The van der Waals surface area contributed by atoms with E-state index in [0.717, 1.165) is 24.5 Å². The van der Waals surface area contributed by atoms with Crippen molar-refractivity contribution < 1.29 is 9.53 Å². The van der Waals surface area contributed by atoms with Crippen molar-refractivity contribution in [2.45, 2.75) is 70.2 Å². The number of carbonyl (C=O) groups excluding carboxylic acids is 1. The highest BCUT2D eigenvalue weighted by Crippen LogP contribution is 2.43. The molecule has 2 bridgehead atoms. The van der Waals surface area contributed by atoms with Gasteiger partial charge in [-0.25, -0.2) is 9.78 Å². The molecule has 4 heterocycles. The van der Waals surface area contributed by atoms with E-state index in [0.29, 0.717) is 31.2 Å². The highest BCUT2D eigenvalue weighted by atomic mass is 16.5. The number of piperidine rings is 1. The van der Waals surface area contributed by atoms with Crippen LogP contribution in [0.3, 0.4) is 0 Å². The van der Waals surface area contributed by atoms with Crippen LogP contribution in [-0.4, -0.2) is 51.2 Å². The summed E-state index contributed by atoms with van der Waals surface area (Å²) >= 11 is 0. The molecule has 3 aliphatic heterocycles. The quantitative estimate of drug-likeness (QED) is 0.797. The van der Waals surface area contributed by atoms with Crippen LogP contribution in [0.25, 0.3) is 0 Å². The van der Waals surface area contributed by atoms with Crippen LogP contribution in [0.1, 0.15) is 54.5 Å². The number of carbonyl (C=O) groups is 1. The van der Waals surface area contributed by atoms with E-state index < -0.39 is 0 Å². The Morgan fingerprint density at radius 1 is 1.14 bits per heavy atom. The summed E-state index contributed by atoms with van der Waals surface area (Å²) in [6.45, 7) is 4.47. The summed E-state index contributed by atoms with van der Waals surface area (Å²) in [6, 6.07) is 12.7. The number of imidazole rings is 1. The summed E-state index contributed by atoms with van der Waals surface area (Å²) in [5.41, 5.74) is 3.81. The molecule has 0 aliphatic carbocycles. The molecule has 6 heteroatoms. The average molecular weight is 395 g/mol. The molecule has 1 aromatic carbocycles. The third-order valence-corrected chi connectivity index (χ3v) is 7.09. The lowest BCUT2D eigenvalue weighted by Crippen LogP contribution is -2.43. The Bertz CT molecular complexity index is 880. The van der Waals surface area contributed by atoms with Crippen molar-refractivity contribution in [3.05, 3.63) is 53.1 Å². The lowest BCUT2D eigenvalue weighted by molar-refractivity contribution is 0.0964. The maximum absolute atomic E-state index is 11.9. The molecule has 0 radical (unpaired) electrons. The summed E-state index contributed by atoms with van der Waals surface area (Å²) in [4.78, 5) is 21.3. The number of amides is 1. The van der Waals surface area contributed by atoms with Crippen molar-refractivity contribution in [1.82, 2.24) is 19.4 Å². The minimum Gasteiger partial charge on any atom is -0.453 e. The summed E-state index contributed by atoms with van der Waals surface area (Å²) in [7, 11) is 1.45. The van der Waals surface area contributed by atoms with Gasteiger partial charge in [0, 0.05) is 43.3 Å². The maximum Gasteiger partial charge on any atom is 0.409 e. The van der Waals surface area contributed by atoms with Gasteiger partial charge in [-0.3, -0.25) is 4.90 Å². The van der Waals surface area contributed by atoms with E-state index in [9.17, 15) is 4.79 Å². The fourth-order valence-corrected chi connectivity index (χ4v) is 5.82. The van der Waals surface area contributed by atoms with Gasteiger partial charge in [-0.05, 0) is 38.2 Å². The van der Waals surface area contributed by atoms with Crippen molar-refractivity contribution in [1.29, 1.82) is 0 Å². The van der Waals surface area contributed by atoms with Crippen LogP contribution in [0, 0.1) is 6.92 Å². The zero-order valence-electron chi connectivity index (χ0n) is 17.4. The van der Waals surface area contributed by atoms with Crippen molar-refractivity contribution in [2.24, 2.45) is 0 Å². The first-order valence-corrected chi connectivity index (χ1v) is 10.8. The third kappa shape index (κ3) is 3.33. The highest BCUT2D eigenvalue weighted by molar-refractivity contribution is 5.67. The lowest BCUT2D eigenvalue weighted by atomic mass is 9.95. The molecule has 1 amide bonds. The molecule has 2 saturated heterocycles. The van der Waals surface area contributed by atoms with Crippen LogP contribution in [0.5, 0.6) is 0 Å². The van der Waals surface area contributed by atoms with Crippen molar-refractivity contribution in [2.75, 3.05) is 13.7 Å². The molecule has 5 rings (SSSR count). The van der Waals surface area contributed by atoms with Gasteiger partial charge in [-0.15, -0.1) is 0 Å². The van der Waals surface area contributed by atoms with E-state index in [1.165, 1.54) is 44.1 Å². The molecule has 1 aromatic heterocycles. The van der Waals surface area contributed by atoms with Crippen LogP contribution < -0.4 is 0 Å². The second-order valence-electron chi connectivity index (χ2n) is 8.73. The van der Waals surface area contributed by atoms with E-state index in [1.54, 1.807) is 4.90 Å². The van der Waals surface area contributed by atoms with Gasteiger partial charge >= 0.3 is 6.09 Å². The Kier molecular flexibility index (Phi) is 4.82. The van der Waals surface area contributed by atoms with Crippen LogP contribution in [0.4, 0.5) is 4.79 Å². The average Bonchev–Trinajstić information content (AvgIpc) is 3.18. The number of nitrogens with zero attached hydrogens (tertiary/aromatic N) is 4. The Morgan fingerprint density at radius 3 is 2.55 bits per heavy atom. The Balaban J connectivity index is 1.34.